The molecule has 4 aromatic rings. The van der Waals surface area contributed by atoms with Crippen molar-refractivity contribution in [2.24, 2.45) is 0 Å². The van der Waals surface area contributed by atoms with Crippen LogP contribution >= 0.6 is 11.8 Å². The fourth-order valence-corrected chi connectivity index (χ4v) is 5.36. The Morgan fingerprint density at radius 1 is 1.02 bits per heavy atom. The van der Waals surface area contributed by atoms with E-state index >= 15 is 8.78 Å². The summed E-state index contributed by atoms with van der Waals surface area (Å²) >= 11 is 1.80. The lowest BCUT2D eigenvalue weighted by atomic mass is 10.1. The molecule has 5 rings (SSSR count). The van der Waals surface area contributed by atoms with Crippen molar-refractivity contribution >= 4 is 29.4 Å². The number of nitrogens with zero attached hydrogens (tertiary/aromatic N) is 4. The zero-order chi connectivity index (χ0) is 31.1. The second-order valence-corrected chi connectivity index (χ2v) is 11.1. The van der Waals surface area contributed by atoms with Gasteiger partial charge in [0.25, 0.3) is 6.01 Å². The normalized spacial score (nSPS) is 14.0. The second kappa shape index (κ2) is 14.6. The maximum absolute atomic E-state index is 15.1. The number of methoxy groups -OCH3 is 2. The summed E-state index contributed by atoms with van der Waals surface area (Å²) in [6.45, 7) is 5.21. The number of likely N-dealkylation sites (tertiary alicyclic amines) is 1. The third-order valence-electron chi connectivity index (χ3n) is 7.15. The number of thioether (sulfide) groups is 1. The second-order valence-electron chi connectivity index (χ2n) is 10.1. The average Bonchev–Trinajstić information content (AvgIpc) is 3.46. The Labute approximate surface area is 259 Å². The molecule has 1 saturated heterocycles. The molecule has 0 atom stereocenters. The van der Waals surface area contributed by atoms with Gasteiger partial charge in [-0.3, -0.25) is 0 Å². The van der Waals surface area contributed by atoms with Crippen molar-refractivity contribution in [1.82, 2.24) is 19.9 Å². The molecule has 13 heteroatoms. The van der Waals surface area contributed by atoms with Crippen LogP contribution in [0.5, 0.6) is 17.2 Å². The van der Waals surface area contributed by atoms with Crippen LogP contribution in [0.1, 0.15) is 19.8 Å². The molecule has 44 heavy (non-hydrogen) atoms. The van der Waals surface area contributed by atoms with Crippen LogP contribution in [0, 0.1) is 11.6 Å². The number of rotatable bonds is 13. The summed E-state index contributed by atoms with van der Waals surface area (Å²) in [6, 6.07) is 9.69. The van der Waals surface area contributed by atoms with E-state index in [2.05, 4.69) is 36.7 Å². The summed E-state index contributed by atoms with van der Waals surface area (Å²) in [5.74, 6) is 0.730. The van der Waals surface area contributed by atoms with Crippen LogP contribution in [0.4, 0.5) is 26.4 Å². The van der Waals surface area contributed by atoms with E-state index in [1.165, 1.54) is 18.3 Å². The minimum absolute atomic E-state index is 0.114. The van der Waals surface area contributed by atoms with E-state index in [9.17, 15) is 0 Å². The number of anilines is 3. The number of nitrogens with one attached hydrogen (secondary N) is 2. The quantitative estimate of drug-likeness (QED) is 0.170. The summed E-state index contributed by atoms with van der Waals surface area (Å²) in [5, 5.41) is 5.97. The first kappa shape index (κ1) is 31.3. The van der Waals surface area contributed by atoms with Gasteiger partial charge in [0.2, 0.25) is 5.95 Å². The lowest BCUT2D eigenvalue weighted by Crippen LogP contribution is -2.39. The Morgan fingerprint density at radius 2 is 1.73 bits per heavy atom. The predicted octanol–water partition coefficient (Wildman–Crippen LogP) is 6.48. The minimum atomic E-state index is -0.798. The molecule has 0 spiro atoms. The molecule has 0 bridgehead atoms. The molecule has 1 fully saturated rings. The van der Waals surface area contributed by atoms with Gasteiger partial charge >= 0.3 is 0 Å². The largest absolute Gasteiger partial charge is 0.497 e. The molecular weight excluding hydrogens is 590 g/mol. The Hall–Kier alpha value is -4.10. The third kappa shape index (κ3) is 7.51. The Kier molecular flexibility index (Phi) is 10.4. The van der Waals surface area contributed by atoms with Crippen LogP contribution in [0.25, 0.3) is 22.7 Å². The third-order valence-corrected chi connectivity index (χ3v) is 7.74. The van der Waals surface area contributed by atoms with E-state index in [-0.39, 0.29) is 23.5 Å². The maximum atomic E-state index is 15.1. The molecule has 0 radical (unpaired) electrons. The fourth-order valence-electron chi connectivity index (χ4n) is 4.92. The highest BCUT2D eigenvalue weighted by atomic mass is 32.2. The number of aromatic nitrogens is 3. The molecule has 0 amide bonds. The Balaban J connectivity index is 1.36. The highest BCUT2D eigenvalue weighted by molar-refractivity contribution is 7.98. The van der Waals surface area contributed by atoms with E-state index in [1.807, 2.05) is 19.1 Å². The average molecular weight is 627 g/mol. The van der Waals surface area contributed by atoms with Gasteiger partial charge in [-0.05, 0) is 44.2 Å². The van der Waals surface area contributed by atoms with Gasteiger partial charge in [0.05, 0.1) is 14.2 Å². The van der Waals surface area contributed by atoms with Crippen molar-refractivity contribution in [3.8, 4) is 40.0 Å². The zero-order valence-electron chi connectivity index (χ0n) is 25.2. The predicted molar refractivity (Wildman–Crippen MR) is 168 cm³/mol. The highest BCUT2D eigenvalue weighted by Gasteiger charge is 2.24. The van der Waals surface area contributed by atoms with Gasteiger partial charge < -0.3 is 34.2 Å². The van der Waals surface area contributed by atoms with Gasteiger partial charge in [0, 0.05) is 67.6 Å². The minimum Gasteiger partial charge on any atom is -0.497 e. The molecule has 1 aliphatic rings. The summed E-state index contributed by atoms with van der Waals surface area (Å²) in [7, 11) is 3.13. The number of halogens is 2. The summed E-state index contributed by atoms with van der Waals surface area (Å²) in [4.78, 5) is 15.8. The molecular formula is C31H36F2N6O4S. The summed E-state index contributed by atoms with van der Waals surface area (Å²) < 4.78 is 52.8. The van der Waals surface area contributed by atoms with Crippen LogP contribution in [0.15, 0.2) is 47.0 Å². The summed E-state index contributed by atoms with van der Waals surface area (Å²) in [5.41, 5.74) is 1.72. The lowest BCUT2D eigenvalue weighted by molar-refractivity contribution is 0.0968. The van der Waals surface area contributed by atoms with Crippen LogP contribution in [0.2, 0.25) is 0 Å². The first-order chi connectivity index (χ1) is 21.4. The monoisotopic (exact) mass is 626 g/mol. The number of benzene rings is 2. The van der Waals surface area contributed by atoms with Gasteiger partial charge in [0.1, 0.15) is 29.0 Å². The Morgan fingerprint density at radius 3 is 2.36 bits per heavy atom. The molecule has 2 aromatic heterocycles. The number of ether oxygens (including phenoxy) is 3. The van der Waals surface area contributed by atoms with E-state index in [0.29, 0.717) is 46.8 Å². The van der Waals surface area contributed by atoms with Crippen LogP contribution in [-0.4, -0.2) is 78.4 Å². The van der Waals surface area contributed by atoms with E-state index in [1.54, 1.807) is 38.1 Å². The smallest absolute Gasteiger partial charge is 0.295 e. The highest BCUT2D eigenvalue weighted by Crippen LogP contribution is 2.37. The Bertz CT molecular complexity index is 1520. The van der Waals surface area contributed by atoms with Crippen molar-refractivity contribution in [1.29, 1.82) is 0 Å². The SMILES string of the molecule is CCNc1nc(-c2cc(OC)cc(OC)c2)c(-c2ccnc(Nc3cc(F)c(OC4CCN(CCSC)CC4)c(F)c3)n2)o1. The molecule has 3 heterocycles. The summed E-state index contributed by atoms with van der Waals surface area (Å²) in [6.07, 6.45) is 4.80. The molecule has 10 nitrogen and oxygen atoms in total. The zero-order valence-corrected chi connectivity index (χ0v) is 26.0. The van der Waals surface area contributed by atoms with Gasteiger partial charge in [-0.15, -0.1) is 0 Å². The number of oxazole rings is 1. The maximum Gasteiger partial charge on any atom is 0.295 e. The van der Waals surface area contributed by atoms with E-state index in [4.69, 9.17) is 18.6 Å². The molecule has 0 unspecified atom stereocenters. The van der Waals surface area contributed by atoms with Gasteiger partial charge in [0.15, 0.2) is 23.1 Å². The van der Waals surface area contributed by atoms with Crippen molar-refractivity contribution < 1.29 is 27.4 Å². The first-order valence-electron chi connectivity index (χ1n) is 14.4. The van der Waals surface area contributed by atoms with Gasteiger partial charge in [-0.1, -0.05) is 0 Å². The number of hydrogen-bond donors (Lipinski definition) is 2. The van der Waals surface area contributed by atoms with E-state index in [0.717, 1.165) is 38.2 Å². The molecule has 0 saturated carbocycles. The molecule has 234 valence electrons. The van der Waals surface area contributed by atoms with E-state index < -0.39 is 11.6 Å². The van der Waals surface area contributed by atoms with Gasteiger partial charge in [-0.2, -0.15) is 16.7 Å². The van der Waals surface area contributed by atoms with Crippen LogP contribution in [-0.2, 0) is 0 Å². The van der Waals surface area contributed by atoms with Gasteiger partial charge in [-0.25, -0.2) is 18.7 Å². The molecule has 1 aliphatic heterocycles. The van der Waals surface area contributed by atoms with Crippen molar-refractivity contribution in [2.75, 3.05) is 63.0 Å². The van der Waals surface area contributed by atoms with Crippen LogP contribution < -0.4 is 24.8 Å². The molecule has 2 aromatic carbocycles. The van der Waals surface area contributed by atoms with Crippen LogP contribution in [0.3, 0.4) is 0 Å². The first-order valence-corrected chi connectivity index (χ1v) is 15.8. The standard InChI is InChI=1S/C31H36F2N6O4S/c1-5-34-31-38-27(19-14-22(40-2)18-23(15-19)41-3)29(43-31)26-6-9-35-30(37-26)36-20-16-24(32)28(25(33)17-20)42-21-7-10-39(11-8-21)12-13-44-4/h6,9,14-18,21H,5,7-8,10-13H2,1-4H3,(H,34,38)(H,35,36,37). The number of piperidine rings is 1. The number of hydrogen-bond acceptors (Lipinski definition) is 11. The van der Waals surface area contributed by atoms with Crippen molar-refractivity contribution in [2.45, 2.75) is 25.9 Å². The topological polar surface area (TPSA) is 107 Å². The fraction of sp³-hybridized carbons (Fsp3) is 0.387. The molecule has 0 aliphatic carbocycles. The van der Waals surface area contributed by atoms with Crippen molar-refractivity contribution in [3.63, 3.8) is 0 Å². The van der Waals surface area contributed by atoms with Crippen molar-refractivity contribution in [3.05, 3.63) is 54.2 Å². The molecule has 2 N–H and O–H groups in total. The lowest BCUT2D eigenvalue weighted by Gasteiger charge is -2.32.